The van der Waals surface area contributed by atoms with Crippen LogP contribution in [0.25, 0.3) is 0 Å². The van der Waals surface area contributed by atoms with Crippen molar-refractivity contribution in [2.75, 3.05) is 0 Å². The van der Waals surface area contributed by atoms with Crippen LogP contribution in [0, 0.1) is 12.8 Å². The highest BCUT2D eigenvalue weighted by atomic mass is 16.3. The average Bonchev–Trinajstić information content (AvgIpc) is 2.39. The molecule has 1 N–H and O–H groups in total. The van der Waals surface area contributed by atoms with Gasteiger partial charge in [0.2, 0.25) is 0 Å². The van der Waals surface area contributed by atoms with Crippen LogP contribution in [-0.2, 0) is 6.42 Å². The number of hydrogen-bond acceptors (Lipinski definition) is 1. The molecular weight excluding hydrogens is 232 g/mol. The Hall–Kier alpha value is -1.60. The average molecular weight is 254 g/mol. The van der Waals surface area contributed by atoms with Gasteiger partial charge in [0.1, 0.15) is 6.10 Å². The predicted octanol–water partition coefficient (Wildman–Crippen LogP) is 4.28. The Morgan fingerprint density at radius 3 is 2.16 bits per heavy atom. The van der Waals surface area contributed by atoms with Gasteiger partial charge in [0, 0.05) is 0 Å². The molecule has 0 aliphatic rings. The molecule has 0 amide bonds. The van der Waals surface area contributed by atoms with Crippen LogP contribution in [0.2, 0.25) is 0 Å². The maximum absolute atomic E-state index is 10.4. The first kappa shape index (κ1) is 13.8. The van der Waals surface area contributed by atoms with Crippen LogP contribution in [0.5, 0.6) is 0 Å². The molecule has 2 rings (SSSR count). The molecule has 1 nitrogen and oxygen atoms in total. The summed E-state index contributed by atoms with van der Waals surface area (Å²) >= 11 is 0. The van der Waals surface area contributed by atoms with E-state index in [1.165, 1.54) is 5.56 Å². The molecule has 100 valence electrons. The summed E-state index contributed by atoms with van der Waals surface area (Å²) in [5, 5.41) is 10.4. The van der Waals surface area contributed by atoms with E-state index < -0.39 is 6.10 Å². The number of hydrogen-bond donors (Lipinski definition) is 1. The summed E-state index contributed by atoms with van der Waals surface area (Å²) in [4.78, 5) is 0. The summed E-state index contributed by atoms with van der Waals surface area (Å²) in [5.74, 6) is 0.659. The topological polar surface area (TPSA) is 20.2 Å². The van der Waals surface area contributed by atoms with E-state index in [0.29, 0.717) is 5.92 Å². The van der Waals surface area contributed by atoms with E-state index in [-0.39, 0.29) is 0 Å². The highest BCUT2D eigenvalue weighted by Crippen LogP contribution is 2.25. The lowest BCUT2D eigenvalue weighted by Crippen LogP contribution is -2.02. The van der Waals surface area contributed by atoms with Crippen molar-refractivity contribution < 1.29 is 5.11 Å². The van der Waals surface area contributed by atoms with Crippen LogP contribution >= 0.6 is 0 Å². The van der Waals surface area contributed by atoms with E-state index in [1.807, 2.05) is 43.3 Å². The van der Waals surface area contributed by atoms with E-state index in [4.69, 9.17) is 0 Å². The van der Waals surface area contributed by atoms with Gasteiger partial charge >= 0.3 is 0 Å². The molecule has 0 aliphatic carbocycles. The van der Waals surface area contributed by atoms with E-state index in [1.54, 1.807) is 0 Å². The SMILES string of the molecule is Cc1ccccc1C(O)c1ccc(CC(C)C)cc1. The standard InChI is InChI=1S/C18H22O/c1-13(2)12-15-8-10-16(11-9-15)18(19)17-7-5-4-6-14(17)3/h4-11,13,18-19H,12H2,1-3H3. The summed E-state index contributed by atoms with van der Waals surface area (Å²) in [6, 6.07) is 16.3. The molecular formula is C18H22O. The first-order chi connectivity index (χ1) is 9.08. The fraction of sp³-hybridized carbons (Fsp3) is 0.333. The Kier molecular flexibility index (Phi) is 4.39. The quantitative estimate of drug-likeness (QED) is 0.863. The summed E-state index contributed by atoms with van der Waals surface area (Å²) in [7, 11) is 0. The van der Waals surface area contributed by atoms with Crippen LogP contribution in [0.4, 0.5) is 0 Å². The fourth-order valence-electron chi connectivity index (χ4n) is 2.38. The lowest BCUT2D eigenvalue weighted by Gasteiger charge is -2.15. The monoisotopic (exact) mass is 254 g/mol. The number of benzene rings is 2. The maximum atomic E-state index is 10.4. The second-order valence-electron chi connectivity index (χ2n) is 5.60. The van der Waals surface area contributed by atoms with Crippen molar-refractivity contribution in [3.8, 4) is 0 Å². The van der Waals surface area contributed by atoms with Crippen LogP contribution in [0.3, 0.4) is 0 Å². The van der Waals surface area contributed by atoms with E-state index >= 15 is 0 Å². The van der Waals surface area contributed by atoms with Gasteiger partial charge in [-0.15, -0.1) is 0 Å². The van der Waals surface area contributed by atoms with Gasteiger partial charge in [-0.25, -0.2) is 0 Å². The zero-order chi connectivity index (χ0) is 13.8. The molecule has 2 aromatic carbocycles. The van der Waals surface area contributed by atoms with Crippen LogP contribution < -0.4 is 0 Å². The minimum atomic E-state index is -0.533. The summed E-state index contributed by atoms with van der Waals surface area (Å²) in [5.41, 5.74) is 4.40. The minimum Gasteiger partial charge on any atom is -0.384 e. The zero-order valence-corrected chi connectivity index (χ0v) is 11.9. The molecule has 1 unspecified atom stereocenters. The largest absolute Gasteiger partial charge is 0.384 e. The third-order valence-electron chi connectivity index (χ3n) is 3.42. The highest BCUT2D eigenvalue weighted by molar-refractivity contribution is 5.36. The van der Waals surface area contributed by atoms with E-state index in [9.17, 15) is 5.11 Å². The maximum Gasteiger partial charge on any atom is 0.104 e. The van der Waals surface area contributed by atoms with Gasteiger partial charge in [0.25, 0.3) is 0 Å². The molecule has 0 heterocycles. The van der Waals surface area contributed by atoms with Gasteiger partial charge in [-0.3, -0.25) is 0 Å². The highest BCUT2D eigenvalue weighted by Gasteiger charge is 2.12. The molecule has 1 atom stereocenters. The van der Waals surface area contributed by atoms with Gasteiger partial charge in [0.05, 0.1) is 0 Å². The fourth-order valence-corrected chi connectivity index (χ4v) is 2.38. The van der Waals surface area contributed by atoms with Crippen molar-refractivity contribution in [1.29, 1.82) is 0 Å². The smallest absolute Gasteiger partial charge is 0.104 e. The van der Waals surface area contributed by atoms with Crippen molar-refractivity contribution in [2.24, 2.45) is 5.92 Å². The molecule has 2 aromatic rings. The lowest BCUT2D eigenvalue weighted by atomic mass is 9.95. The first-order valence-corrected chi connectivity index (χ1v) is 6.90. The molecule has 0 aliphatic heterocycles. The Labute approximate surface area is 115 Å². The molecule has 0 saturated carbocycles. The van der Waals surface area contributed by atoms with Crippen LogP contribution in [-0.4, -0.2) is 5.11 Å². The second-order valence-corrected chi connectivity index (χ2v) is 5.60. The van der Waals surface area contributed by atoms with Gasteiger partial charge in [-0.1, -0.05) is 62.4 Å². The van der Waals surface area contributed by atoms with Gasteiger partial charge < -0.3 is 5.11 Å². The molecule has 0 bridgehead atoms. The van der Waals surface area contributed by atoms with Crippen LogP contribution in [0.15, 0.2) is 48.5 Å². The Bertz CT molecular complexity index is 526. The zero-order valence-electron chi connectivity index (χ0n) is 11.9. The molecule has 0 spiro atoms. The normalized spacial score (nSPS) is 12.7. The summed E-state index contributed by atoms with van der Waals surface area (Å²) < 4.78 is 0. The molecule has 0 aromatic heterocycles. The Morgan fingerprint density at radius 1 is 0.947 bits per heavy atom. The molecule has 1 heteroatoms. The molecule has 0 fully saturated rings. The first-order valence-electron chi connectivity index (χ1n) is 6.90. The van der Waals surface area contributed by atoms with E-state index in [2.05, 4.69) is 26.0 Å². The van der Waals surface area contributed by atoms with Crippen molar-refractivity contribution in [1.82, 2.24) is 0 Å². The Balaban J connectivity index is 2.20. The van der Waals surface area contributed by atoms with Crippen LogP contribution in [0.1, 0.15) is 42.2 Å². The Morgan fingerprint density at radius 2 is 1.58 bits per heavy atom. The van der Waals surface area contributed by atoms with Gasteiger partial charge in [-0.2, -0.15) is 0 Å². The lowest BCUT2D eigenvalue weighted by molar-refractivity contribution is 0.219. The third-order valence-corrected chi connectivity index (χ3v) is 3.42. The second kappa shape index (κ2) is 6.03. The summed E-state index contributed by atoms with van der Waals surface area (Å²) in [6.07, 6.45) is 0.551. The molecule has 0 saturated heterocycles. The molecule has 0 radical (unpaired) electrons. The van der Waals surface area contributed by atoms with Crippen molar-refractivity contribution >= 4 is 0 Å². The van der Waals surface area contributed by atoms with Crippen molar-refractivity contribution in [3.63, 3.8) is 0 Å². The number of aliphatic hydroxyl groups is 1. The van der Waals surface area contributed by atoms with Gasteiger partial charge in [-0.05, 0) is 41.5 Å². The van der Waals surface area contributed by atoms with Gasteiger partial charge in [0.15, 0.2) is 0 Å². The number of aliphatic hydroxyl groups excluding tert-OH is 1. The van der Waals surface area contributed by atoms with E-state index in [0.717, 1.165) is 23.1 Å². The van der Waals surface area contributed by atoms with Crippen molar-refractivity contribution in [3.05, 3.63) is 70.8 Å². The van der Waals surface area contributed by atoms with Crippen molar-refractivity contribution in [2.45, 2.75) is 33.3 Å². The number of rotatable bonds is 4. The minimum absolute atomic E-state index is 0.533. The predicted molar refractivity (Wildman–Crippen MR) is 80.2 cm³/mol. The number of aryl methyl sites for hydroxylation is 1. The summed E-state index contributed by atoms with van der Waals surface area (Å²) in [6.45, 7) is 6.47. The third kappa shape index (κ3) is 3.45. The molecule has 19 heavy (non-hydrogen) atoms.